The molecule has 82 valence electrons. The highest BCUT2D eigenvalue weighted by atomic mass is 19.1. The third-order valence-corrected chi connectivity index (χ3v) is 3.01. The number of benzene rings is 1. The summed E-state index contributed by atoms with van der Waals surface area (Å²) in [5, 5.41) is 9.38. The number of ether oxygens (including phenoxy) is 1. The first-order chi connectivity index (χ1) is 7.24. The first-order valence-electron chi connectivity index (χ1n) is 5.17. The van der Waals surface area contributed by atoms with Crippen molar-refractivity contribution in [3.8, 4) is 0 Å². The van der Waals surface area contributed by atoms with Crippen molar-refractivity contribution in [3.63, 3.8) is 0 Å². The van der Waals surface area contributed by atoms with Crippen molar-refractivity contribution >= 4 is 0 Å². The SMILES string of the molecule is OCC1(Cc2ccc(F)cc2)CCOC1. The van der Waals surface area contributed by atoms with Gasteiger partial charge in [0.15, 0.2) is 0 Å². The first kappa shape index (κ1) is 10.6. The molecule has 0 saturated carbocycles. The van der Waals surface area contributed by atoms with Gasteiger partial charge in [-0.25, -0.2) is 4.39 Å². The Morgan fingerprint density at radius 1 is 1.33 bits per heavy atom. The number of halogens is 1. The molecule has 0 spiro atoms. The molecule has 0 radical (unpaired) electrons. The van der Waals surface area contributed by atoms with E-state index in [1.807, 2.05) is 0 Å². The first-order valence-corrected chi connectivity index (χ1v) is 5.17. The standard InChI is InChI=1S/C12H15FO2/c13-11-3-1-10(2-4-11)7-12(8-14)5-6-15-9-12/h1-4,14H,5-9H2. The van der Waals surface area contributed by atoms with Crippen LogP contribution in [-0.4, -0.2) is 24.9 Å². The third kappa shape index (κ3) is 2.36. The van der Waals surface area contributed by atoms with Crippen molar-refractivity contribution in [3.05, 3.63) is 35.6 Å². The molecule has 1 N–H and O–H groups in total. The van der Waals surface area contributed by atoms with E-state index in [2.05, 4.69) is 0 Å². The van der Waals surface area contributed by atoms with Gasteiger partial charge >= 0.3 is 0 Å². The minimum atomic E-state index is -0.223. The van der Waals surface area contributed by atoms with Crippen molar-refractivity contribution in [2.75, 3.05) is 19.8 Å². The summed E-state index contributed by atoms with van der Waals surface area (Å²) < 4.78 is 18.0. The van der Waals surface area contributed by atoms with Gasteiger partial charge < -0.3 is 9.84 Å². The van der Waals surface area contributed by atoms with E-state index in [0.717, 1.165) is 18.4 Å². The molecule has 2 rings (SSSR count). The Hall–Kier alpha value is -0.930. The molecule has 15 heavy (non-hydrogen) atoms. The van der Waals surface area contributed by atoms with Gasteiger partial charge in [0.05, 0.1) is 13.2 Å². The van der Waals surface area contributed by atoms with E-state index >= 15 is 0 Å². The zero-order valence-electron chi connectivity index (χ0n) is 8.58. The Morgan fingerprint density at radius 3 is 2.60 bits per heavy atom. The van der Waals surface area contributed by atoms with Crippen molar-refractivity contribution < 1.29 is 14.2 Å². The summed E-state index contributed by atoms with van der Waals surface area (Å²) >= 11 is 0. The normalized spacial score (nSPS) is 25.7. The van der Waals surface area contributed by atoms with Gasteiger partial charge in [0.25, 0.3) is 0 Å². The minimum absolute atomic E-state index is 0.129. The van der Waals surface area contributed by atoms with Crippen LogP contribution in [-0.2, 0) is 11.2 Å². The molecule has 0 bridgehead atoms. The fourth-order valence-corrected chi connectivity index (χ4v) is 2.00. The molecule has 1 aromatic carbocycles. The molecule has 1 unspecified atom stereocenters. The van der Waals surface area contributed by atoms with Crippen LogP contribution in [0.4, 0.5) is 4.39 Å². The zero-order chi connectivity index (χ0) is 10.7. The fraction of sp³-hybridized carbons (Fsp3) is 0.500. The third-order valence-electron chi connectivity index (χ3n) is 3.01. The molecule has 1 fully saturated rings. The van der Waals surface area contributed by atoms with Crippen LogP contribution in [0.15, 0.2) is 24.3 Å². The van der Waals surface area contributed by atoms with E-state index in [1.165, 1.54) is 12.1 Å². The molecule has 3 heteroatoms. The predicted molar refractivity (Wildman–Crippen MR) is 55.1 cm³/mol. The molecule has 2 nitrogen and oxygen atoms in total. The van der Waals surface area contributed by atoms with Crippen molar-refractivity contribution in [2.24, 2.45) is 5.41 Å². The zero-order valence-corrected chi connectivity index (χ0v) is 8.58. The number of hydrogen-bond donors (Lipinski definition) is 1. The minimum Gasteiger partial charge on any atom is -0.396 e. The highest BCUT2D eigenvalue weighted by Gasteiger charge is 2.34. The van der Waals surface area contributed by atoms with Crippen LogP contribution in [0.2, 0.25) is 0 Å². The van der Waals surface area contributed by atoms with Crippen LogP contribution in [0.3, 0.4) is 0 Å². The molecule has 0 amide bonds. The predicted octanol–water partition coefficient (Wildman–Crippen LogP) is 1.77. The summed E-state index contributed by atoms with van der Waals surface area (Å²) in [4.78, 5) is 0. The summed E-state index contributed by atoms with van der Waals surface area (Å²) in [5.41, 5.74) is 0.897. The highest BCUT2D eigenvalue weighted by molar-refractivity contribution is 5.18. The van der Waals surface area contributed by atoms with Crippen LogP contribution >= 0.6 is 0 Å². The largest absolute Gasteiger partial charge is 0.396 e. The van der Waals surface area contributed by atoms with E-state index in [0.29, 0.717) is 13.2 Å². The summed E-state index contributed by atoms with van der Waals surface area (Å²) in [5.74, 6) is -0.223. The van der Waals surface area contributed by atoms with Gasteiger partial charge in [-0.15, -0.1) is 0 Å². The van der Waals surface area contributed by atoms with Crippen LogP contribution in [0, 0.1) is 11.2 Å². The Bertz CT molecular complexity index is 315. The second-order valence-electron chi connectivity index (χ2n) is 4.26. The number of rotatable bonds is 3. The number of hydrogen-bond acceptors (Lipinski definition) is 2. The lowest BCUT2D eigenvalue weighted by molar-refractivity contribution is 0.0935. The number of aliphatic hydroxyl groups excluding tert-OH is 1. The molecular formula is C12H15FO2. The maximum absolute atomic E-state index is 12.7. The highest BCUT2D eigenvalue weighted by Crippen LogP contribution is 2.32. The van der Waals surface area contributed by atoms with Crippen molar-refractivity contribution in [1.29, 1.82) is 0 Å². The summed E-state index contributed by atoms with van der Waals surface area (Å²) in [6, 6.07) is 6.45. The molecule has 0 aromatic heterocycles. The fourth-order valence-electron chi connectivity index (χ4n) is 2.00. The lowest BCUT2D eigenvalue weighted by atomic mass is 9.82. The van der Waals surface area contributed by atoms with E-state index < -0.39 is 0 Å². The van der Waals surface area contributed by atoms with E-state index in [-0.39, 0.29) is 17.8 Å². The van der Waals surface area contributed by atoms with Gasteiger partial charge in [-0.3, -0.25) is 0 Å². The summed E-state index contributed by atoms with van der Waals surface area (Å²) in [7, 11) is 0. The van der Waals surface area contributed by atoms with Crippen LogP contribution in [0.5, 0.6) is 0 Å². The van der Waals surface area contributed by atoms with Gasteiger partial charge in [-0.05, 0) is 30.5 Å². The summed E-state index contributed by atoms with van der Waals surface area (Å²) in [6.45, 7) is 1.44. The lowest BCUT2D eigenvalue weighted by Crippen LogP contribution is -2.28. The van der Waals surface area contributed by atoms with Crippen molar-refractivity contribution in [1.82, 2.24) is 0 Å². The second kappa shape index (κ2) is 4.29. The summed E-state index contributed by atoms with van der Waals surface area (Å²) in [6.07, 6.45) is 1.63. The molecule has 1 heterocycles. The van der Waals surface area contributed by atoms with Gasteiger partial charge in [0.2, 0.25) is 0 Å². The molecule has 1 aliphatic heterocycles. The van der Waals surface area contributed by atoms with E-state index in [1.54, 1.807) is 12.1 Å². The quantitative estimate of drug-likeness (QED) is 0.823. The van der Waals surface area contributed by atoms with E-state index in [9.17, 15) is 9.50 Å². The molecule has 0 aliphatic carbocycles. The molecule has 1 atom stereocenters. The van der Waals surface area contributed by atoms with Gasteiger partial charge in [0, 0.05) is 12.0 Å². The molecular weight excluding hydrogens is 195 g/mol. The van der Waals surface area contributed by atoms with Gasteiger partial charge in [-0.1, -0.05) is 12.1 Å². The maximum Gasteiger partial charge on any atom is 0.123 e. The average Bonchev–Trinajstić information content (AvgIpc) is 2.71. The molecule has 1 saturated heterocycles. The number of aliphatic hydroxyl groups is 1. The molecule has 1 aliphatic rings. The van der Waals surface area contributed by atoms with Gasteiger partial charge in [-0.2, -0.15) is 0 Å². The Balaban J connectivity index is 2.09. The topological polar surface area (TPSA) is 29.5 Å². The van der Waals surface area contributed by atoms with Crippen LogP contribution in [0.1, 0.15) is 12.0 Å². The Kier molecular flexibility index (Phi) is 3.03. The Morgan fingerprint density at radius 2 is 2.07 bits per heavy atom. The second-order valence-corrected chi connectivity index (χ2v) is 4.26. The van der Waals surface area contributed by atoms with Gasteiger partial charge in [0.1, 0.15) is 5.82 Å². The smallest absolute Gasteiger partial charge is 0.123 e. The average molecular weight is 210 g/mol. The van der Waals surface area contributed by atoms with Crippen LogP contribution in [0.25, 0.3) is 0 Å². The lowest BCUT2D eigenvalue weighted by Gasteiger charge is -2.24. The molecule has 1 aromatic rings. The Labute approximate surface area is 88.7 Å². The van der Waals surface area contributed by atoms with Crippen LogP contribution < -0.4 is 0 Å². The van der Waals surface area contributed by atoms with E-state index in [4.69, 9.17) is 4.74 Å². The van der Waals surface area contributed by atoms with Crippen molar-refractivity contribution in [2.45, 2.75) is 12.8 Å². The monoisotopic (exact) mass is 210 g/mol. The maximum atomic E-state index is 12.7.